The highest BCUT2D eigenvalue weighted by Gasteiger charge is 2.20. The Kier molecular flexibility index (Phi) is 4.93. The smallest absolute Gasteiger partial charge is 0.323 e. The van der Waals surface area contributed by atoms with Crippen LogP contribution in [-0.2, 0) is 11.8 Å². The molecule has 1 amide bonds. The topological polar surface area (TPSA) is 108 Å². The number of nitrogens with one attached hydrogen (secondary N) is 3. The van der Waals surface area contributed by atoms with Crippen molar-refractivity contribution < 1.29 is 9.18 Å². The standard InChI is InChI=1S/C19H17FN6O2S/c1-10(17(27)21-11-7-8-14-15(9-11)23-18(28)22-14)29-19-25-24-16(26(19)2)12-5-3-4-6-13(12)20/h3-10H,1-2H3,(H,21,27)(H2,22,23,28). The van der Waals surface area contributed by atoms with E-state index in [4.69, 9.17) is 0 Å². The van der Waals surface area contributed by atoms with Gasteiger partial charge in [0.25, 0.3) is 0 Å². The molecule has 4 aromatic rings. The molecule has 3 N–H and O–H groups in total. The third-order valence-corrected chi connectivity index (χ3v) is 5.52. The van der Waals surface area contributed by atoms with E-state index in [1.54, 1.807) is 54.9 Å². The van der Waals surface area contributed by atoms with Crippen molar-refractivity contribution in [2.24, 2.45) is 7.05 Å². The number of hydrogen-bond donors (Lipinski definition) is 3. The largest absolute Gasteiger partial charge is 0.325 e. The first-order valence-electron chi connectivity index (χ1n) is 8.76. The van der Waals surface area contributed by atoms with Crippen molar-refractivity contribution in [3.8, 4) is 11.4 Å². The normalized spacial score (nSPS) is 12.2. The van der Waals surface area contributed by atoms with Gasteiger partial charge in [0.15, 0.2) is 11.0 Å². The molecule has 29 heavy (non-hydrogen) atoms. The Morgan fingerprint density at radius 2 is 1.93 bits per heavy atom. The first-order chi connectivity index (χ1) is 13.9. The van der Waals surface area contributed by atoms with Gasteiger partial charge >= 0.3 is 5.69 Å². The summed E-state index contributed by atoms with van der Waals surface area (Å²) in [5.41, 5.74) is 1.88. The molecule has 0 aliphatic rings. The Bertz CT molecular complexity index is 1260. The lowest BCUT2D eigenvalue weighted by atomic mass is 10.2. The van der Waals surface area contributed by atoms with Crippen molar-refractivity contribution in [3.63, 3.8) is 0 Å². The lowest BCUT2D eigenvalue weighted by Gasteiger charge is -2.12. The molecule has 0 fully saturated rings. The number of anilines is 1. The maximum absolute atomic E-state index is 14.0. The van der Waals surface area contributed by atoms with Gasteiger partial charge < -0.3 is 19.9 Å². The second-order valence-corrected chi connectivity index (χ2v) is 7.74. The molecule has 2 heterocycles. The van der Waals surface area contributed by atoms with Crippen LogP contribution in [0.15, 0.2) is 52.4 Å². The van der Waals surface area contributed by atoms with E-state index >= 15 is 0 Å². The van der Waals surface area contributed by atoms with Gasteiger partial charge in [0.05, 0.1) is 21.8 Å². The number of H-pyrrole nitrogens is 2. The van der Waals surface area contributed by atoms with Gasteiger partial charge in [-0.15, -0.1) is 10.2 Å². The molecule has 4 rings (SSSR count). The molecule has 0 bridgehead atoms. The van der Waals surface area contributed by atoms with Crippen LogP contribution < -0.4 is 11.0 Å². The molecule has 0 spiro atoms. The highest BCUT2D eigenvalue weighted by Crippen LogP contribution is 2.27. The van der Waals surface area contributed by atoms with Gasteiger partial charge in [-0.3, -0.25) is 4.79 Å². The molecule has 1 atom stereocenters. The van der Waals surface area contributed by atoms with Crippen molar-refractivity contribution in [1.82, 2.24) is 24.7 Å². The Balaban J connectivity index is 1.48. The quantitative estimate of drug-likeness (QED) is 0.437. The van der Waals surface area contributed by atoms with Gasteiger partial charge in [-0.25, -0.2) is 9.18 Å². The summed E-state index contributed by atoms with van der Waals surface area (Å²) in [5, 5.41) is 11.0. The van der Waals surface area contributed by atoms with Crippen molar-refractivity contribution >= 4 is 34.4 Å². The van der Waals surface area contributed by atoms with E-state index in [0.717, 1.165) is 0 Å². The molecule has 0 aliphatic heterocycles. The second kappa shape index (κ2) is 7.55. The number of carbonyl (C=O) groups excluding carboxylic acids is 1. The number of aromatic nitrogens is 5. The van der Waals surface area contributed by atoms with Crippen LogP contribution >= 0.6 is 11.8 Å². The fourth-order valence-electron chi connectivity index (χ4n) is 2.86. The van der Waals surface area contributed by atoms with E-state index in [-0.39, 0.29) is 17.4 Å². The van der Waals surface area contributed by atoms with Crippen LogP contribution in [0.25, 0.3) is 22.4 Å². The van der Waals surface area contributed by atoms with Crippen LogP contribution in [0.4, 0.5) is 10.1 Å². The van der Waals surface area contributed by atoms with Crippen molar-refractivity contribution in [2.75, 3.05) is 5.32 Å². The number of fused-ring (bicyclic) bond motifs is 1. The van der Waals surface area contributed by atoms with Gasteiger partial charge in [-0.1, -0.05) is 23.9 Å². The molecule has 2 aromatic carbocycles. The Hall–Kier alpha value is -3.40. The average Bonchev–Trinajstić information content (AvgIpc) is 3.23. The van der Waals surface area contributed by atoms with Crippen LogP contribution in [0.1, 0.15) is 6.92 Å². The van der Waals surface area contributed by atoms with Crippen molar-refractivity contribution in [2.45, 2.75) is 17.3 Å². The third-order valence-electron chi connectivity index (χ3n) is 4.38. The first kappa shape index (κ1) is 18.9. The predicted octanol–water partition coefficient (Wildman–Crippen LogP) is 2.91. The molecule has 8 nitrogen and oxygen atoms in total. The molecule has 0 saturated carbocycles. The third kappa shape index (κ3) is 3.79. The van der Waals surface area contributed by atoms with Gasteiger partial charge in [0, 0.05) is 12.7 Å². The first-order valence-corrected chi connectivity index (χ1v) is 9.64. The maximum atomic E-state index is 14.0. The highest BCUT2D eigenvalue weighted by molar-refractivity contribution is 8.00. The fourth-order valence-corrected chi connectivity index (χ4v) is 3.68. The number of hydrogen-bond acceptors (Lipinski definition) is 5. The van der Waals surface area contributed by atoms with Crippen LogP contribution in [0.3, 0.4) is 0 Å². The zero-order chi connectivity index (χ0) is 20.5. The number of nitrogens with zero attached hydrogens (tertiary/aromatic N) is 3. The predicted molar refractivity (Wildman–Crippen MR) is 109 cm³/mol. The molecular weight excluding hydrogens is 395 g/mol. The van der Waals surface area contributed by atoms with Crippen molar-refractivity contribution in [1.29, 1.82) is 0 Å². The maximum Gasteiger partial charge on any atom is 0.323 e. The minimum Gasteiger partial charge on any atom is -0.325 e. The molecule has 0 aliphatic carbocycles. The summed E-state index contributed by atoms with van der Waals surface area (Å²) in [6.07, 6.45) is 0. The zero-order valence-corrected chi connectivity index (χ0v) is 16.4. The fraction of sp³-hybridized carbons (Fsp3) is 0.158. The van der Waals surface area contributed by atoms with Gasteiger partial charge in [-0.05, 0) is 37.3 Å². The van der Waals surface area contributed by atoms with Crippen molar-refractivity contribution in [3.05, 3.63) is 58.8 Å². The number of amides is 1. The van der Waals surface area contributed by atoms with E-state index in [1.165, 1.54) is 17.8 Å². The van der Waals surface area contributed by atoms with E-state index in [9.17, 15) is 14.0 Å². The second-order valence-electron chi connectivity index (χ2n) is 6.43. The van der Waals surface area contributed by atoms with Crippen LogP contribution in [0.5, 0.6) is 0 Å². The summed E-state index contributed by atoms with van der Waals surface area (Å²) in [5.74, 6) is -0.230. The minimum atomic E-state index is -0.479. The molecule has 148 valence electrons. The Morgan fingerprint density at radius 1 is 1.17 bits per heavy atom. The molecule has 0 saturated heterocycles. The number of aromatic amines is 2. The number of imidazole rings is 1. The molecule has 0 radical (unpaired) electrons. The summed E-state index contributed by atoms with van der Waals surface area (Å²) in [7, 11) is 1.73. The van der Waals surface area contributed by atoms with Gasteiger partial charge in [0.1, 0.15) is 5.82 Å². The minimum absolute atomic E-state index is 0.234. The Morgan fingerprint density at radius 3 is 2.72 bits per heavy atom. The lowest BCUT2D eigenvalue weighted by molar-refractivity contribution is -0.115. The summed E-state index contributed by atoms with van der Waals surface area (Å²) in [6.45, 7) is 1.74. The molecule has 1 unspecified atom stereocenters. The van der Waals surface area contributed by atoms with Gasteiger partial charge in [0.2, 0.25) is 5.91 Å². The lowest BCUT2D eigenvalue weighted by Crippen LogP contribution is -2.22. The van der Waals surface area contributed by atoms with E-state index < -0.39 is 5.25 Å². The van der Waals surface area contributed by atoms with Gasteiger partial charge in [-0.2, -0.15) is 0 Å². The van der Waals surface area contributed by atoms with Crippen LogP contribution in [-0.4, -0.2) is 35.9 Å². The summed E-state index contributed by atoms with van der Waals surface area (Å²) in [4.78, 5) is 29.2. The number of thioether (sulfide) groups is 1. The average molecular weight is 412 g/mol. The van der Waals surface area contributed by atoms with E-state index in [2.05, 4.69) is 25.5 Å². The molecule has 2 aromatic heterocycles. The van der Waals surface area contributed by atoms with E-state index in [1.807, 2.05) is 0 Å². The number of halogens is 1. The molecular formula is C19H17FN6O2S. The summed E-state index contributed by atoms with van der Waals surface area (Å²) in [6, 6.07) is 11.4. The van der Waals surface area contributed by atoms with Crippen LogP contribution in [0.2, 0.25) is 0 Å². The zero-order valence-electron chi connectivity index (χ0n) is 15.6. The summed E-state index contributed by atoms with van der Waals surface area (Å²) >= 11 is 1.22. The SMILES string of the molecule is CC(Sc1nnc(-c2ccccc2F)n1C)C(=O)Nc1ccc2[nH]c(=O)[nH]c2c1. The van der Waals surface area contributed by atoms with Crippen LogP contribution in [0, 0.1) is 5.82 Å². The number of benzene rings is 2. The molecule has 10 heteroatoms. The number of carbonyl (C=O) groups is 1. The summed E-state index contributed by atoms with van der Waals surface area (Å²) < 4.78 is 15.7. The Labute approximate surface area is 168 Å². The number of rotatable bonds is 5. The highest BCUT2D eigenvalue weighted by atomic mass is 32.2. The monoisotopic (exact) mass is 412 g/mol. The van der Waals surface area contributed by atoms with E-state index in [0.29, 0.717) is 33.3 Å².